The Kier molecular flexibility index (Phi) is 4.78. The number of fused-ring (bicyclic) bond motifs is 1. The van der Waals surface area contributed by atoms with Crippen LogP contribution in [0.5, 0.6) is 11.5 Å². The van der Waals surface area contributed by atoms with E-state index in [9.17, 15) is 0 Å². The highest BCUT2D eigenvalue weighted by Gasteiger charge is 2.13. The maximum absolute atomic E-state index is 5.43. The molecule has 138 valence electrons. The van der Waals surface area contributed by atoms with Crippen molar-refractivity contribution < 1.29 is 9.47 Å². The molecule has 0 fully saturated rings. The van der Waals surface area contributed by atoms with Crippen LogP contribution in [0.25, 0.3) is 0 Å². The zero-order valence-corrected chi connectivity index (χ0v) is 15.5. The third-order valence-electron chi connectivity index (χ3n) is 4.41. The molecule has 6 nitrogen and oxygen atoms in total. The van der Waals surface area contributed by atoms with Crippen LogP contribution < -0.4 is 20.1 Å². The van der Waals surface area contributed by atoms with Crippen LogP contribution in [-0.4, -0.2) is 16.8 Å². The number of hydrogen-bond acceptors (Lipinski definition) is 6. The van der Waals surface area contributed by atoms with E-state index in [2.05, 4.69) is 39.7 Å². The van der Waals surface area contributed by atoms with Crippen LogP contribution in [0.2, 0.25) is 0 Å². The van der Waals surface area contributed by atoms with Gasteiger partial charge >= 0.3 is 0 Å². The molecule has 1 aliphatic heterocycles. The molecule has 1 aliphatic rings. The van der Waals surface area contributed by atoms with Crippen molar-refractivity contribution in [2.24, 2.45) is 0 Å². The molecule has 0 saturated heterocycles. The summed E-state index contributed by atoms with van der Waals surface area (Å²) in [5.41, 5.74) is 3.42. The summed E-state index contributed by atoms with van der Waals surface area (Å²) >= 11 is 0. The number of benzene rings is 2. The lowest BCUT2D eigenvalue weighted by Crippen LogP contribution is -2.05. The molecule has 4 rings (SSSR count). The van der Waals surface area contributed by atoms with Gasteiger partial charge in [-0.2, -0.15) is 0 Å². The number of aryl methyl sites for hydroxylation is 2. The Hall–Kier alpha value is -3.28. The summed E-state index contributed by atoms with van der Waals surface area (Å²) in [6.07, 6.45) is 0.961. The number of aromatic nitrogens is 2. The van der Waals surface area contributed by atoms with Gasteiger partial charge in [-0.1, -0.05) is 31.2 Å². The first-order valence-corrected chi connectivity index (χ1v) is 9.04. The second-order valence-electron chi connectivity index (χ2n) is 6.36. The lowest BCUT2D eigenvalue weighted by Gasteiger charge is -2.13. The van der Waals surface area contributed by atoms with E-state index in [1.165, 1.54) is 5.56 Å². The van der Waals surface area contributed by atoms with Crippen LogP contribution in [0.4, 0.5) is 17.3 Å². The summed E-state index contributed by atoms with van der Waals surface area (Å²) in [4.78, 5) is 9.00. The summed E-state index contributed by atoms with van der Waals surface area (Å²) in [5, 5.41) is 6.77. The monoisotopic (exact) mass is 362 g/mol. The van der Waals surface area contributed by atoms with E-state index in [4.69, 9.17) is 9.47 Å². The molecule has 0 spiro atoms. The minimum Gasteiger partial charge on any atom is -0.454 e. The van der Waals surface area contributed by atoms with Crippen molar-refractivity contribution in [2.75, 3.05) is 17.4 Å². The normalized spacial score (nSPS) is 12.1. The summed E-state index contributed by atoms with van der Waals surface area (Å²) in [7, 11) is 0. The lowest BCUT2D eigenvalue weighted by atomic mass is 10.1. The van der Waals surface area contributed by atoms with Crippen LogP contribution >= 0.6 is 0 Å². The smallest absolute Gasteiger partial charge is 0.231 e. The molecule has 0 aliphatic carbocycles. The van der Waals surface area contributed by atoms with Crippen molar-refractivity contribution >= 4 is 17.3 Å². The maximum atomic E-state index is 5.43. The highest BCUT2D eigenvalue weighted by atomic mass is 16.7. The second-order valence-corrected chi connectivity index (χ2v) is 6.36. The van der Waals surface area contributed by atoms with Gasteiger partial charge in [-0.3, -0.25) is 0 Å². The predicted molar refractivity (Wildman–Crippen MR) is 106 cm³/mol. The Morgan fingerprint density at radius 2 is 1.78 bits per heavy atom. The maximum Gasteiger partial charge on any atom is 0.231 e. The first kappa shape index (κ1) is 17.1. The fourth-order valence-electron chi connectivity index (χ4n) is 3.05. The van der Waals surface area contributed by atoms with Gasteiger partial charge in [0.25, 0.3) is 0 Å². The number of ether oxygens (including phenoxy) is 2. The fraction of sp³-hybridized carbons (Fsp3) is 0.238. The average molecular weight is 362 g/mol. The molecule has 0 unspecified atom stereocenters. The van der Waals surface area contributed by atoms with Gasteiger partial charge in [0, 0.05) is 18.3 Å². The highest BCUT2D eigenvalue weighted by molar-refractivity contribution is 5.62. The summed E-state index contributed by atoms with van der Waals surface area (Å²) in [6, 6.07) is 16.1. The Labute approximate surface area is 158 Å². The van der Waals surface area contributed by atoms with Crippen molar-refractivity contribution in [3.05, 3.63) is 65.5 Å². The van der Waals surface area contributed by atoms with Crippen LogP contribution in [-0.2, 0) is 13.0 Å². The summed E-state index contributed by atoms with van der Waals surface area (Å²) in [5.74, 6) is 3.83. The van der Waals surface area contributed by atoms with Crippen molar-refractivity contribution in [2.45, 2.75) is 26.8 Å². The van der Waals surface area contributed by atoms with Crippen LogP contribution in [0.1, 0.15) is 23.9 Å². The summed E-state index contributed by atoms with van der Waals surface area (Å²) in [6.45, 7) is 4.95. The minimum absolute atomic E-state index is 0.283. The van der Waals surface area contributed by atoms with E-state index >= 15 is 0 Å². The molecular formula is C21H22N4O2. The van der Waals surface area contributed by atoms with E-state index < -0.39 is 0 Å². The molecule has 2 N–H and O–H groups in total. The zero-order chi connectivity index (χ0) is 18.6. The second kappa shape index (κ2) is 7.53. The quantitative estimate of drug-likeness (QED) is 0.676. The van der Waals surface area contributed by atoms with E-state index in [0.29, 0.717) is 12.4 Å². The van der Waals surface area contributed by atoms with Crippen molar-refractivity contribution in [1.82, 2.24) is 9.97 Å². The standard InChI is InChI=1S/C21H22N4O2/c1-3-16-6-4-5-7-17(16)25-21-11-20(23-14(2)24-21)22-12-15-8-9-18-19(10-15)27-13-26-18/h4-11H,3,12-13H2,1-2H3,(H2,22,23,24,25). The highest BCUT2D eigenvalue weighted by Crippen LogP contribution is 2.32. The topological polar surface area (TPSA) is 68.3 Å². The Balaban J connectivity index is 1.49. The Bertz CT molecular complexity index is 959. The van der Waals surface area contributed by atoms with Crippen molar-refractivity contribution in [1.29, 1.82) is 0 Å². The number of nitrogens with one attached hydrogen (secondary N) is 2. The molecular weight excluding hydrogens is 340 g/mol. The molecule has 0 saturated carbocycles. The molecule has 3 aromatic rings. The van der Waals surface area contributed by atoms with Crippen LogP contribution in [0.15, 0.2) is 48.5 Å². The Morgan fingerprint density at radius 3 is 2.67 bits per heavy atom. The van der Waals surface area contributed by atoms with Gasteiger partial charge in [0.15, 0.2) is 11.5 Å². The average Bonchev–Trinajstić information content (AvgIpc) is 3.14. The summed E-state index contributed by atoms with van der Waals surface area (Å²) < 4.78 is 10.8. The van der Waals surface area contributed by atoms with Crippen molar-refractivity contribution in [3.8, 4) is 11.5 Å². The third kappa shape index (κ3) is 3.95. The van der Waals surface area contributed by atoms with Gasteiger partial charge in [-0.05, 0) is 42.7 Å². The van der Waals surface area contributed by atoms with Crippen molar-refractivity contribution in [3.63, 3.8) is 0 Å². The van der Waals surface area contributed by atoms with Gasteiger partial charge in [0.05, 0.1) is 0 Å². The first-order valence-electron chi connectivity index (χ1n) is 9.04. The van der Waals surface area contributed by atoms with E-state index in [1.807, 2.05) is 43.3 Å². The van der Waals surface area contributed by atoms with E-state index in [0.717, 1.165) is 40.8 Å². The molecule has 0 amide bonds. The number of para-hydroxylation sites is 1. The van der Waals surface area contributed by atoms with Gasteiger partial charge in [-0.15, -0.1) is 0 Å². The molecule has 0 atom stereocenters. The molecule has 1 aromatic heterocycles. The van der Waals surface area contributed by atoms with Gasteiger partial charge in [-0.25, -0.2) is 9.97 Å². The van der Waals surface area contributed by atoms with Gasteiger partial charge in [0.1, 0.15) is 17.5 Å². The van der Waals surface area contributed by atoms with E-state index in [1.54, 1.807) is 0 Å². The first-order chi connectivity index (χ1) is 13.2. The molecule has 2 aromatic carbocycles. The number of hydrogen-bond donors (Lipinski definition) is 2. The largest absolute Gasteiger partial charge is 0.454 e. The third-order valence-corrected chi connectivity index (χ3v) is 4.41. The van der Waals surface area contributed by atoms with Crippen LogP contribution in [0.3, 0.4) is 0 Å². The lowest BCUT2D eigenvalue weighted by molar-refractivity contribution is 0.174. The predicted octanol–water partition coefficient (Wildman–Crippen LogP) is 4.43. The SMILES string of the molecule is CCc1ccccc1Nc1cc(NCc2ccc3c(c2)OCO3)nc(C)n1. The van der Waals surface area contributed by atoms with Gasteiger partial charge in [0.2, 0.25) is 6.79 Å². The number of rotatable bonds is 6. The fourth-order valence-corrected chi connectivity index (χ4v) is 3.05. The molecule has 6 heteroatoms. The molecule has 2 heterocycles. The molecule has 0 bridgehead atoms. The van der Waals surface area contributed by atoms with E-state index in [-0.39, 0.29) is 6.79 Å². The number of anilines is 3. The Morgan fingerprint density at radius 1 is 0.963 bits per heavy atom. The van der Waals surface area contributed by atoms with Gasteiger partial charge < -0.3 is 20.1 Å². The molecule has 27 heavy (non-hydrogen) atoms. The minimum atomic E-state index is 0.283. The molecule has 0 radical (unpaired) electrons. The number of nitrogens with zero attached hydrogens (tertiary/aromatic N) is 2. The van der Waals surface area contributed by atoms with Crippen LogP contribution in [0, 0.1) is 6.92 Å². The zero-order valence-electron chi connectivity index (χ0n) is 15.5.